The molecule has 0 saturated carbocycles. The Bertz CT molecular complexity index is 562. The fourth-order valence-corrected chi connectivity index (χ4v) is 2.23. The van der Waals surface area contributed by atoms with Crippen LogP contribution in [0, 0.1) is 3.57 Å². The number of nitrogens with one attached hydrogen (secondary N) is 1. The molecular formula is C13H15ClINO5. The Morgan fingerprint density at radius 3 is 2.62 bits per heavy atom. The number of carboxylic acids is 1. The van der Waals surface area contributed by atoms with Gasteiger partial charge in [-0.1, -0.05) is 11.6 Å². The highest BCUT2D eigenvalue weighted by Gasteiger charge is 2.26. The predicted molar refractivity (Wildman–Crippen MR) is 85.9 cm³/mol. The van der Waals surface area contributed by atoms with Crippen LogP contribution in [0.1, 0.15) is 23.7 Å². The van der Waals surface area contributed by atoms with E-state index < -0.39 is 23.9 Å². The molecule has 0 saturated heterocycles. The van der Waals surface area contributed by atoms with E-state index in [-0.39, 0.29) is 12.1 Å². The number of ether oxygens (including phenoxy) is 1. The van der Waals surface area contributed by atoms with Crippen molar-refractivity contribution in [1.82, 2.24) is 5.32 Å². The summed E-state index contributed by atoms with van der Waals surface area (Å²) < 4.78 is 5.85. The van der Waals surface area contributed by atoms with E-state index in [0.29, 0.717) is 10.8 Å². The molecule has 1 amide bonds. The van der Waals surface area contributed by atoms with E-state index in [9.17, 15) is 14.7 Å². The summed E-state index contributed by atoms with van der Waals surface area (Å²) in [5, 5.41) is 21.4. The first-order valence-corrected chi connectivity index (χ1v) is 7.37. The van der Waals surface area contributed by atoms with E-state index in [1.54, 1.807) is 6.07 Å². The van der Waals surface area contributed by atoms with Gasteiger partial charge in [0.2, 0.25) is 0 Å². The minimum Gasteiger partial charge on any atom is -0.496 e. The van der Waals surface area contributed by atoms with E-state index in [0.717, 1.165) is 3.57 Å². The smallest absolute Gasteiger partial charge is 0.306 e. The van der Waals surface area contributed by atoms with Gasteiger partial charge >= 0.3 is 5.97 Å². The lowest BCUT2D eigenvalue weighted by Gasteiger charge is -2.21. The summed E-state index contributed by atoms with van der Waals surface area (Å²) in [6.45, 7) is 1.13. The van der Waals surface area contributed by atoms with Crippen molar-refractivity contribution < 1.29 is 24.5 Å². The van der Waals surface area contributed by atoms with Gasteiger partial charge in [-0.3, -0.25) is 9.59 Å². The summed E-state index contributed by atoms with van der Waals surface area (Å²) in [5.74, 6) is -1.31. The van der Waals surface area contributed by atoms with Crippen LogP contribution in [0.5, 0.6) is 5.75 Å². The van der Waals surface area contributed by atoms with Crippen LogP contribution in [0.15, 0.2) is 12.1 Å². The number of aliphatic carboxylic acids is 1. The van der Waals surface area contributed by atoms with Crippen molar-refractivity contribution in [2.24, 2.45) is 0 Å². The molecule has 0 aliphatic heterocycles. The van der Waals surface area contributed by atoms with E-state index >= 15 is 0 Å². The molecule has 0 heterocycles. The molecule has 3 N–H and O–H groups in total. The highest BCUT2D eigenvalue weighted by atomic mass is 127. The van der Waals surface area contributed by atoms with E-state index in [1.807, 2.05) is 22.6 Å². The van der Waals surface area contributed by atoms with Crippen molar-refractivity contribution in [3.63, 3.8) is 0 Å². The average Bonchev–Trinajstić information content (AvgIpc) is 2.37. The van der Waals surface area contributed by atoms with Crippen molar-refractivity contribution in [2.45, 2.75) is 18.9 Å². The first kappa shape index (κ1) is 18.0. The van der Waals surface area contributed by atoms with Crippen LogP contribution in [0.2, 0.25) is 5.02 Å². The number of methoxy groups -OCH3 is 1. The Kier molecular flexibility index (Phi) is 6.24. The van der Waals surface area contributed by atoms with Crippen LogP contribution >= 0.6 is 34.2 Å². The van der Waals surface area contributed by atoms with Crippen LogP contribution in [0.25, 0.3) is 0 Å². The van der Waals surface area contributed by atoms with Crippen molar-refractivity contribution in [1.29, 1.82) is 0 Å². The van der Waals surface area contributed by atoms with Gasteiger partial charge < -0.3 is 20.3 Å². The lowest BCUT2D eigenvalue weighted by molar-refractivity contribution is -0.141. The first-order valence-electron chi connectivity index (χ1n) is 5.91. The average molecular weight is 428 g/mol. The van der Waals surface area contributed by atoms with E-state index in [1.165, 1.54) is 20.1 Å². The summed E-state index contributed by atoms with van der Waals surface area (Å²) >= 11 is 7.99. The maximum atomic E-state index is 12.1. The molecule has 0 aliphatic carbocycles. The number of benzene rings is 1. The van der Waals surface area contributed by atoms with Gasteiger partial charge in [-0.15, -0.1) is 0 Å². The zero-order valence-corrected chi connectivity index (χ0v) is 14.4. The molecule has 1 rings (SSSR count). The number of aliphatic hydroxyl groups is 1. The zero-order chi connectivity index (χ0) is 16.2. The molecule has 1 atom stereocenters. The number of amides is 1. The number of carbonyl (C=O) groups is 2. The van der Waals surface area contributed by atoms with Crippen LogP contribution in [0.4, 0.5) is 0 Å². The van der Waals surface area contributed by atoms with Crippen LogP contribution in [-0.2, 0) is 4.79 Å². The van der Waals surface area contributed by atoms with E-state index in [2.05, 4.69) is 5.32 Å². The van der Waals surface area contributed by atoms with Gasteiger partial charge in [-0.25, -0.2) is 0 Å². The molecule has 0 bridgehead atoms. The second-order valence-electron chi connectivity index (χ2n) is 4.72. The number of hydrogen-bond donors (Lipinski definition) is 3. The van der Waals surface area contributed by atoms with Gasteiger partial charge in [0.25, 0.3) is 5.91 Å². The van der Waals surface area contributed by atoms with Gasteiger partial charge in [0, 0.05) is 10.1 Å². The summed E-state index contributed by atoms with van der Waals surface area (Å²) in [6.07, 6.45) is -0.474. The molecule has 116 valence electrons. The SMILES string of the molecule is COc1cc(I)c(Cl)cc1C(=O)NCC(C)(O)CC(=O)O. The Morgan fingerprint density at radius 1 is 1.48 bits per heavy atom. The minimum atomic E-state index is -1.54. The summed E-state index contributed by atoms with van der Waals surface area (Å²) in [6, 6.07) is 3.08. The van der Waals surface area contributed by atoms with Crippen LogP contribution in [-0.4, -0.2) is 41.3 Å². The summed E-state index contributed by atoms with van der Waals surface area (Å²) in [5.41, 5.74) is -1.32. The van der Waals surface area contributed by atoms with Crippen molar-refractivity contribution >= 4 is 46.1 Å². The number of halogens is 2. The van der Waals surface area contributed by atoms with Gasteiger partial charge in [-0.05, 0) is 41.6 Å². The van der Waals surface area contributed by atoms with Crippen molar-refractivity contribution in [3.8, 4) is 5.75 Å². The van der Waals surface area contributed by atoms with Gasteiger partial charge in [0.1, 0.15) is 5.75 Å². The molecule has 0 fully saturated rings. The molecule has 6 nitrogen and oxygen atoms in total. The second kappa shape index (κ2) is 7.28. The highest BCUT2D eigenvalue weighted by Crippen LogP contribution is 2.28. The van der Waals surface area contributed by atoms with Gasteiger partial charge in [0.05, 0.1) is 29.7 Å². The van der Waals surface area contributed by atoms with Gasteiger partial charge in [0.15, 0.2) is 0 Å². The molecule has 1 unspecified atom stereocenters. The molecule has 1 aromatic carbocycles. The molecule has 0 aliphatic rings. The molecule has 1 aromatic rings. The van der Waals surface area contributed by atoms with Crippen LogP contribution in [0.3, 0.4) is 0 Å². The number of hydrogen-bond acceptors (Lipinski definition) is 4. The predicted octanol–water partition coefficient (Wildman–Crippen LogP) is 1.91. The third kappa shape index (κ3) is 5.33. The molecule has 21 heavy (non-hydrogen) atoms. The lowest BCUT2D eigenvalue weighted by Crippen LogP contribution is -2.42. The Labute approximate surface area is 140 Å². The fourth-order valence-electron chi connectivity index (χ4n) is 1.63. The number of carbonyl (C=O) groups excluding carboxylic acids is 1. The summed E-state index contributed by atoms with van der Waals surface area (Å²) in [7, 11) is 1.43. The largest absolute Gasteiger partial charge is 0.496 e. The number of carboxylic acid groups (broad SMARTS) is 1. The third-order valence-electron chi connectivity index (χ3n) is 2.65. The highest BCUT2D eigenvalue weighted by molar-refractivity contribution is 14.1. The molecule has 8 heteroatoms. The normalized spacial score (nSPS) is 13.4. The minimum absolute atomic E-state index is 0.203. The molecular weight excluding hydrogens is 413 g/mol. The number of rotatable bonds is 6. The van der Waals surface area contributed by atoms with Crippen molar-refractivity contribution in [2.75, 3.05) is 13.7 Å². The summed E-state index contributed by atoms with van der Waals surface area (Å²) in [4.78, 5) is 22.7. The maximum Gasteiger partial charge on any atom is 0.306 e. The Balaban J connectivity index is 2.85. The fraction of sp³-hybridized carbons (Fsp3) is 0.385. The van der Waals surface area contributed by atoms with Crippen LogP contribution < -0.4 is 10.1 Å². The van der Waals surface area contributed by atoms with Gasteiger partial charge in [-0.2, -0.15) is 0 Å². The first-order chi connectivity index (χ1) is 9.66. The standard InChI is InChI=1S/C13H15ClINO5/c1-13(20,5-11(17)18)6-16-12(19)7-3-8(14)9(15)4-10(7)21-2/h3-4,20H,5-6H2,1-2H3,(H,16,19)(H,17,18). The third-order valence-corrected chi connectivity index (χ3v) is 4.17. The molecule has 0 spiro atoms. The Morgan fingerprint density at radius 2 is 2.10 bits per heavy atom. The molecule has 0 aromatic heterocycles. The van der Waals surface area contributed by atoms with Crippen molar-refractivity contribution in [3.05, 3.63) is 26.3 Å². The van der Waals surface area contributed by atoms with E-state index in [4.69, 9.17) is 21.4 Å². The maximum absolute atomic E-state index is 12.1. The lowest BCUT2D eigenvalue weighted by atomic mass is 10.0. The topological polar surface area (TPSA) is 95.9 Å². The quantitative estimate of drug-likeness (QED) is 0.603. The monoisotopic (exact) mass is 427 g/mol. The second-order valence-corrected chi connectivity index (χ2v) is 6.29. The molecule has 0 radical (unpaired) electrons. The zero-order valence-electron chi connectivity index (χ0n) is 11.4. The Hall–Kier alpha value is -1.06.